The zero-order valence-electron chi connectivity index (χ0n) is 29.3. The first-order valence-corrected chi connectivity index (χ1v) is 16.6. The number of carbonyl (C=O) groups is 6. The van der Waals surface area contributed by atoms with E-state index >= 15 is 0 Å². The number of amides is 6. The van der Waals surface area contributed by atoms with Crippen LogP contribution in [0.3, 0.4) is 0 Å². The Kier molecular flexibility index (Phi) is 13.1. The van der Waals surface area contributed by atoms with E-state index < -0.39 is 77.9 Å². The highest BCUT2D eigenvalue weighted by atomic mass is 19.1. The monoisotopic (exact) mass is 737 g/mol. The number of aromatic nitrogens is 2. The van der Waals surface area contributed by atoms with Gasteiger partial charge in [-0.3, -0.25) is 28.9 Å². The Morgan fingerprint density at radius 3 is 2.25 bits per heavy atom. The molecule has 2 heterocycles. The highest BCUT2D eigenvalue weighted by Crippen LogP contribution is 2.39. The number of halogens is 2. The van der Waals surface area contributed by atoms with E-state index in [4.69, 9.17) is 4.98 Å². The highest BCUT2D eigenvalue weighted by Gasteiger charge is 2.39. The van der Waals surface area contributed by atoms with Gasteiger partial charge < -0.3 is 35.6 Å². The molecule has 15 nitrogen and oxygen atoms in total. The Labute approximate surface area is 303 Å². The molecular formula is C36H41F2N7O8. The summed E-state index contributed by atoms with van der Waals surface area (Å²) in [5.41, 5.74) is -0.0114. The summed E-state index contributed by atoms with van der Waals surface area (Å²) >= 11 is 0. The van der Waals surface area contributed by atoms with Crippen molar-refractivity contribution >= 4 is 35.6 Å². The third-order valence-electron chi connectivity index (χ3n) is 8.26. The van der Waals surface area contributed by atoms with Crippen LogP contribution < -0.4 is 16.0 Å². The summed E-state index contributed by atoms with van der Waals surface area (Å²) in [6.45, 7) is 3.65. The van der Waals surface area contributed by atoms with Gasteiger partial charge in [-0.25, -0.2) is 18.6 Å². The Morgan fingerprint density at radius 2 is 1.62 bits per heavy atom. The first-order chi connectivity index (χ1) is 25.1. The zero-order chi connectivity index (χ0) is 38.9. The summed E-state index contributed by atoms with van der Waals surface area (Å²) in [6.07, 6.45) is 1.82. The lowest BCUT2D eigenvalue weighted by Gasteiger charge is -2.40. The third kappa shape index (κ3) is 10.5. The van der Waals surface area contributed by atoms with Gasteiger partial charge in [-0.05, 0) is 35.6 Å². The van der Waals surface area contributed by atoms with Crippen molar-refractivity contribution in [2.75, 3.05) is 32.8 Å². The lowest BCUT2D eigenvalue weighted by molar-refractivity contribution is -0.141. The predicted octanol–water partition coefficient (Wildman–Crippen LogP) is 1.97. The van der Waals surface area contributed by atoms with Crippen molar-refractivity contribution in [2.45, 2.75) is 45.8 Å². The maximum atomic E-state index is 15.0. The van der Waals surface area contributed by atoms with Crippen LogP contribution in [0.4, 0.5) is 13.6 Å². The third-order valence-corrected chi connectivity index (χ3v) is 8.26. The Balaban J connectivity index is 1.57. The fourth-order valence-electron chi connectivity index (χ4n) is 5.84. The molecule has 1 aliphatic rings. The van der Waals surface area contributed by atoms with Crippen LogP contribution in [0.2, 0.25) is 0 Å². The van der Waals surface area contributed by atoms with E-state index in [1.54, 1.807) is 31.5 Å². The van der Waals surface area contributed by atoms with Crippen molar-refractivity contribution in [2.24, 2.45) is 5.41 Å². The minimum atomic E-state index is -1.53. The van der Waals surface area contributed by atoms with Crippen molar-refractivity contribution < 1.29 is 47.8 Å². The van der Waals surface area contributed by atoms with Crippen LogP contribution in [0.15, 0.2) is 66.9 Å². The number of carboxylic acid groups (broad SMARTS) is 1. The molecule has 17 heteroatoms. The number of rotatable bonds is 16. The highest BCUT2D eigenvalue weighted by molar-refractivity contribution is 6.14. The Hall–Kier alpha value is -5.97. The fourth-order valence-corrected chi connectivity index (χ4v) is 5.84. The summed E-state index contributed by atoms with van der Waals surface area (Å²) in [5.74, 6) is -4.62. The van der Waals surface area contributed by atoms with Gasteiger partial charge >= 0.3 is 6.09 Å². The van der Waals surface area contributed by atoms with Gasteiger partial charge in [-0.1, -0.05) is 51.1 Å². The molecule has 3 aromatic rings. The van der Waals surface area contributed by atoms with Gasteiger partial charge in [0.25, 0.3) is 11.8 Å². The smallest absolute Gasteiger partial charge is 0.405 e. The number of imidazole rings is 1. The lowest BCUT2D eigenvalue weighted by Crippen LogP contribution is -2.51. The minimum absolute atomic E-state index is 0.0887. The molecule has 0 aliphatic carbocycles. The summed E-state index contributed by atoms with van der Waals surface area (Å²) in [7, 11) is 0. The normalized spacial score (nSPS) is 13.8. The first kappa shape index (κ1) is 39.8. The molecule has 6 amide bonds. The number of carbonyl (C=O) groups excluding carboxylic acids is 5. The molecule has 0 fully saturated rings. The van der Waals surface area contributed by atoms with Gasteiger partial charge in [-0.15, -0.1) is 0 Å². The number of aliphatic hydroxyl groups is 1. The zero-order valence-corrected chi connectivity index (χ0v) is 29.3. The Morgan fingerprint density at radius 1 is 0.962 bits per heavy atom. The van der Waals surface area contributed by atoms with Crippen LogP contribution in [0.1, 0.15) is 44.6 Å². The molecule has 282 valence electrons. The van der Waals surface area contributed by atoms with Crippen LogP contribution in [0.25, 0.3) is 11.3 Å². The SMILES string of the molecule is CC(C)(C)C(c1nc(-c2cc(F)ccc2F)cn1Cc1ccccc1)N(CCC(NC(=O)O)C(=O)NCCNC(=O)CN1C(=O)C=CC1=O)C(=O)CO. The topological polar surface area (TPSA) is 203 Å². The molecule has 5 N–H and O–H groups in total. The number of nitrogens with one attached hydrogen (secondary N) is 3. The quantitative estimate of drug-likeness (QED) is 0.108. The molecule has 1 aliphatic heterocycles. The number of imide groups is 1. The molecule has 2 atom stereocenters. The second kappa shape index (κ2) is 17.5. The van der Waals surface area contributed by atoms with E-state index in [1.165, 1.54) is 4.90 Å². The van der Waals surface area contributed by atoms with E-state index in [1.807, 2.05) is 30.3 Å². The molecule has 0 saturated heterocycles. The number of hydrogen-bond acceptors (Lipinski definition) is 8. The van der Waals surface area contributed by atoms with E-state index in [9.17, 15) is 47.8 Å². The summed E-state index contributed by atoms with van der Waals surface area (Å²) in [6, 6.07) is 9.83. The van der Waals surface area contributed by atoms with Crippen LogP contribution >= 0.6 is 0 Å². The predicted molar refractivity (Wildman–Crippen MR) is 186 cm³/mol. The second-order valence-electron chi connectivity index (χ2n) is 13.3. The number of benzene rings is 2. The van der Waals surface area contributed by atoms with Crippen molar-refractivity contribution in [3.05, 3.63) is 89.9 Å². The summed E-state index contributed by atoms with van der Waals surface area (Å²) < 4.78 is 31.0. The van der Waals surface area contributed by atoms with E-state index in [0.717, 1.165) is 40.8 Å². The molecular weight excluding hydrogens is 696 g/mol. The average Bonchev–Trinajstić information content (AvgIpc) is 3.65. The largest absolute Gasteiger partial charge is 0.465 e. The second-order valence-corrected chi connectivity index (χ2v) is 13.3. The van der Waals surface area contributed by atoms with Crippen molar-refractivity contribution in [3.8, 4) is 11.3 Å². The van der Waals surface area contributed by atoms with Crippen LogP contribution in [0.5, 0.6) is 0 Å². The van der Waals surface area contributed by atoms with Gasteiger partial charge in [0, 0.05) is 50.1 Å². The van der Waals surface area contributed by atoms with E-state index in [0.29, 0.717) is 0 Å². The summed E-state index contributed by atoms with van der Waals surface area (Å²) in [4.78, 5) is 80.6. The van der Waals surface area contributed by atoms with Crippen LogP contribution in [-0.4, -0.2) is 104 Å². The van der Waals surface area contributed by atoms with E-state index in [2.05, 4.69) is 16.0 Å². The average molecular weight is 738 g/mol. The van der Waals surface area contributed by atoms with Crippen LogP contribution in [-0.2, 0) is 30.5 Å². The lowest BCUT2D eigenvalue weighted by atomic mass is 9.84. The standard InChI is InChI=1S/C36H41F2N7O8/c1-36(2,3)32(33-41-27(24-17-23(37)9-10-25(24)38)19-43(33)18-22-7-5-4-6-8-22)44(31(50)21-46)16-13-26(42-35(52)53)34(51)40-15-14-39-28(47)20-45-29(48)11-12-30(45)49/h4-12,17,19,26,32,42,46H,13-16,18,20-21H2,1-3H3,(H,39,47)(H,40,51)(H,52,53). The number of aliphatic hydroxyl groups excluding tert-OH is 1. The molecule has 1 aromatic heterocycles. The first-order valence-electron chi connectivity index (χ1n) is 16.6. The maximum absolute atomic E-state index is 15.0. The minimum Gasteiger partial charge on any atom is -0.465 e. The van der Waals surface area contributed by atoms with Gasteiger partial charge in [-0.2, -0.15) is 0 Å². The van der Waals surface area contributed by atoms with Crippen molar-refractivity contribution in [3.63, 3.8) is 0 Å². The molecule has 2 unspecified atom stereocenters. The van der Waals surface area contributed by atoms with Crippen molar-refractivity contribution in [1.29, 1.82) is 0 Å². The van der Waals surface area contributed by atoms with Crippen LogP contribution in [0, 0.1) is 17.0 Å². The molecule has 53 heavy (non-hydrogen) atoms. The van der Waals surface area contributed by atoms with E-state index in [-0.39, 0.29) is 49.7 Å². The molecule has 0 spiro atoms. The molecule has 2 aromatic carbocycles. The molecule has 0 radical (unpaired) electrons. The molecule has 0 bridgehead atoms. The van der Waals surface area contributed by atoms with Gasteiger partial charge in [0.2, 0.25) is 17.7 Å². The molecule has 4 rings (SSSR count). The fraction of sp³-hybridized carbons (Fsp3) is 0.361. The molecule has 0 saturated carbocycles. The van der Waals surface area contributed by atoms with Crippen molar-refractivity contribution in [1.82, 2.24) is 35.3 Å². The maximum Gasteiger partial charge on any atom is 0.405 e. The summed E-state index contributed by atoms with van der Waals surface area (Å²) in [5, 5.41) is 26.7. The number of hydrogen-bond donors (Lipinski definition) is 5. The van der Waals surface area contributed by atoms with Gasteiger partial charge in [0.1, 0.15) is 36.7 Å². The van der Waals surface area contributed by atoms with Gasteiger partial charge in [0.15, 0.2) is 0 Å². The van der Waals surface area contributed by atoms with Gasteiger partial charge in [0.05, 0.1) is 11.7 Å². The number of nitrogens with zero attached hydrogens (tertiary/aromatic N) is 4. The Bertz CT molecular complexity index is 1860.